The summed E-state index contributed by atoms with van der Waals surface area (Å²) in [6.45, 7) is 1.90. The van der Waals surface area contributed by atoms with E-state index in [1.165, 1.54) is 17.0 Å². The Balaban J connectivity index is 1.72. The zero-order chi connectivity index (χ0) is 19.0. The molecule has 3 aromatic rings. The van der Waals surface area contributed by atoms with Crippen molar-refractivity contribution in [1.29, 1.82) is 0 Å². The first-order valence-electron chi connectivity index (χ1n) is 8.49. The summed E-state index contributed by atoms with van der Waals surface area (Å²) in [5.41, 5.74) is 1.35. The van der Waals surface area contributed by atoms with Gasteiger partial charge in [0, 0.05) is 37.3 Å². The highest BCUT2D eigenvalue weighted by atomic mass is 32.2. The van der Waals surface area contributed by atoms with E-state index < -0.39 is 16.1 Å². The molecule has 0 aliphatic carbocycles. The van der Waals surface area contributed by atoms with Gasteiger partial charge in [0.25, 0.3) is 10.0 Å². The lowest BCUT2D eigenvalue weighted by molar-refractivity contribution is 0.142. The standard InChI is InChI=1S/C18H18N4O4S/c23-18(24)21-11-9-20(10-12-21)16-7-4-8-17-15(16)13-19-22(17)27(25,26)14-5-2-1-3-6-14/h1-8,13H,9-12H2,(H,23,24). The Morgan fingerprint density at radius 1 is 0.963 bits per heavy atom. The Labute approximate surface area is 156 Å². The van der Waals surface area contributed by atoms with E-state index in [-0.39, 0.29) is 4.90 Å². The molecular weight excluding hydrogens is 368 g/mol. The summed E-state index contributed by atoms with van der Waals surface area (Å²) in [5.74, 6) is 0. The molecule has 1 aliphatic heterocycles. The van der Waals surface area contributed by atoms with Crippen molar-refractivity contribution in [2.24, 2.45) is 0 Å². The van der Waals surface area contributed by atoms with Crippen LogP contribution < -0.4 is 4.90 Å². The van der Waals surface area contributed by atoms with Gasteiger partial charge in [0.1, 0.15) is 0 Å². The van der Waals surface area contributed by atoms with Crippen LogP contribution in [0.3, 0.4) is 0 Å². The fourth-order valence-corrected chi connectivity index (χ4v) is 4.60. The van der Waals surface area contributed by atoms with Crippen LogP contribution in [0.15, 0.2) is 59.6 Å². The molecular formula is C18H18N4O4S. The molecule has 4 rings (SSSR count). The van der Waals surface area contributed by atoms with Gasteiger partial charge >= 0.3 is 6.09 Å². The number of hydrogen-bond acceptors (Lipinski definition) is 5. The fraction of sp³-hybridized carbons (Fsp3) is 0.222. The quantitative estimate of drug-likeness (QED) is 0.740. The molecule has 1 aromatic heterocycles. The predicted octanol–water partition coefficient (Wildman–Crippen LogP) is 2.07. The summed E-state index contributed by atoms with van der Waals surface area (Å²) in [6, 6.07) is 13.6. The van der Waals surface area contributed by atoms with Crippen LogP contribution in [0.5, 0.6) is 0 Å². The largest absolute Gasteiger partial charge is 0.465 e. The maximum atomic E-state index is 12.9. The zero-order valence-electron chi connectivity index (χ0n) is 14.4. The number of benzene rings is 2. The van der Waals surface area contributed by atoms with Gasteiger partial charge in [-0.25, -0.2) is 4.79 Å². The minimum absolute atomic E-state index is 0.176. The van der Waals surface area contributed by atoms with Gasteiger partial charge in [-0.15, -0.1) is 0 Å². The lowest BCUT2D eigenvalue weighted by atomic mass is 10.2. The van der Waals surface area contributed by atoms with Crippen LogP contribution in [0, 0.1) is 0 Å². The van der Waals surface area contributed by atoms with Gasteiger partial charge in [-0.2, -0.15) is 17.6 Å². The average molecular weight is 386 g/mol. The van der Waals surface area contributed by atoms with Crippen molar-refractivity contribution in [3.63, 3.8) is 0 Å². The van der Waals surface area contributed by atoms with Crippen LogP contribution in [0.2, 0.25) is 0 Å². The van der Waals surface area contributed by atoms with Gasteiger partial charge in [-0.1, -0.05) is 24.3 Å². The highest BCUT2D eigenvalue weighted by Crippen LogP contribution is 2.29. The van der Waals surface area contributed by atoms with Crippen LogP contribution >= 0.6 is 0 Å². The van der Waals surface area contributed by atoms with Crippen molar-refractivity contribution in [3.05, 3.63) is 54.7 Å². The third-order valence-electron chi connectivity index (χ3n) is 4.72. The van der Waals surface area contributed by atoms with Gasteiger partial charge in [0.15, 0.2) is 0 Å². The van der Waals surface area contributed by atoms with Crippen molar-refractivity contribution in [1.82, 2.24) is 14.1 Å². The lowest BCUT2D eigenvalue weighted by Crippen LogP contribution is -2.48. The summed E-state index contributed by atoms with van der Waals surface area (Å²) < 4.78 is 26.9. The summed E-state index contributed by atoms with van der Waals surface area (Å²) in [4.78, 5) is 14.7. The zero-order valence-corrected chi connectivity index (χ0v) is 15.2. The van der Waals surface area contributed by atoms with E-state index in [1.54, 1.807) is 36.5 Å². The third kappa shape index (κ3) is 2.99. The van der Waals surface area contributed by atoms with E-state index in [0.29, 0.717) is 31.7 Å². The minimum atomic E-state index is -3.79. The van der Waals surface area contributed by atoms with Gasteiger partial charge in [0.05, 0.1) is 16.6 Å². The van der Waals surface area contributed by atoms with Gasteiger partial charge in [-0.3, -0.25) is 0 Å². The van der Waals surface area contributed by atoms with Gasteiger partial charge < -0.3 is 14.9 Å². The molecule has 0 saturated carbocycles. The Morgan fingerprint density at radius 2 is 1.67 bits per heavy atom. The molecule has 1 aliphatic rings. The van der Waals surface area contributed by atoms with E-state index in [1.807, 2.05) is 6.07 Å². The van der Waals surface area contributed by atoms with Crippen molar-refractivity contribution in [3.8, 4) is 0 Å². The number of anilines is 1. The molecule has 8 nitrogen and oxygen atoms in total. The molecule has 2 heterocycles. The number of rotatable bonds is 3. The second kappa shape index (κ2) is 6.58. The molecule has 2 aromatic carbocycles. The first kappa shape index (κ1) is 17.3. The maximum Gasteiger partial charge on any atom is 0.407 e. The molecule has 0 spiro atoms. The van der Waals surface area contributed by atoms with Crippen LogP contribution in [-0.4, -0.2) is 59.9 Å². The molecule has 0 bridgehead atoms. The highest BCUT2D eigenvalue weighted by molar-refractivity contribution is 7.90. The monoisotopic (exact) mass is 386 g/mol. The molecule has 9 heteroatoms. The van der Waals surface area contributed by atoms with Crippen LogP contribution in [0.25, 0.3) is 10.9 Å². The summed E-state index contributed by atoms with van der Waals surface area (Å²) in [6.07, 6.45) is 0.629. The van der Waals surface area contributed by atoms with Crippen LogP contribution in [-0.2, 0) is 10.0 Å². The molecule has 1 saturated heterocycles. The normalized spacial score (nSPS) is 15.3. The number of carbonyl (C=O) groups is 1. The van der Waals surface area contributed by atoms with E-state index in [9.17, 15) is 13.2 Å². The number of hydrogen-bond donors (Lipinski definition) is 1. The van der Waals surface area contributed by atoms with E-state index >= 15 is 0 Å². The van der Waals surface area contributed by atoms with Gasteiger partial charge in [-0.05, 0) is 24.3 Å². The van der Waals surface area contributed by atoms with E-state index in [2.05, 4.69) is 10.00 Å². The van der Waals surface area contributed by atoms with E-state index in [0.717, 1.165) is 15.2 Å². The Bertz CT molecular complexity index is 1090. The minimum Gasteiger partial charge on any atom is -0.465 e. The molecule has 1 N–H and O–H groups in total. The lowest BCUT2D eigenvalue weighted by Gasteiger charge is -2.34. The second-order valence-electron chi connectivity index (χ2n) is 6.27. The number of aromatic nitrogens is 2. The number of nitrogens with zero attached hydrogens (tertiary/aromatic N) is 4. The number of fused-ring (bicyclic) bond motifs is 1. The topological polar surface area (TPSA) is 95.7 Å². The molecule has 140 valence electrons. The van der Waals surface area contributed by atoms with Crippen molar-refractivity contribution < 1.29 is 18.3 Å². The predicted molar refractivity (Wildman–Crippen MR) is 101 cm³/mol. The molecule has 0 radical (unpaired) electrons. The molecule has 0 atom stereocenters. The first-order chi connectivity index (χ1) is 13.0. The van der Waals surface area contributed by atoms with Crippen molar-refractivity contribution in [2.45, 2.75) is 4.90 Å². The molecule has 1 fully saturated rings. The van der Waals surface area contributed by atoms with Crippen LogP contribution in [0.1, 0.15) is 0 Å². The summed E-state index contributed by atoms with van der Waals surface area (Å²) in [7, 11) is -3.79. The molecule has 27 heavy (non-hydrogen) atoms. The summed E-state index contributed by atoms with van der Waals surface area (Å²) in [5, 5.41) is 14.0. The fourth-order valence-electron chi connectivity index (χ4n) is 3.31. The Morgan fingerprint density at radius 3 is 2.33 bits per heavy atom. The second-order valence-corrected chi connectivity index (χ2v) is 8.04. The SMILES string of the molecule is O=C(O)N1CCN(c2cccc3c2cnn3S(=O)(=O)c2ccccc2)CC1. The van der Waals surface area contributed by atoms with Crippen molar-refractivity contribution >= 4 is 32.7 Å². The van der Waals surface area contributed by atoms with E-state index in [4.69, 9.17) is 5.11 Å². The number of carboxylic acid groups (broad SMARTS) is 1. The van der Waals surface area contributed by atoms with Crippen molar-refractivity contribution in [2.75, 3.05) is 31.1 Å². The van der Waals surface area contributed by atoms with Crippen LogP contribution in [0.4, 0.5) is 10.5 Å². The van der Waals surface area contributed by atoms with Gasteiger partial charge in [0.2, 0.25) is 0 Å². The number of piperazine rings is 1. The first-order valence-corrected chi connectivity index (χ1v) is 9.93. The smallest absolute Gasteiger partial charge is 0.407 e. The molecule has 1 amide bonds. The third-order valence-corrected chi connectivity index (χ3v) is 6.33. The Hall–Kier alpha value is -3.07. The molecule has 0 unspecified atom stereocenters. The number of amides is 1. The average Bonchev–Trinajstić information content (AvgIpc) is 3.14. The summed E-state index contributed by atoms with van der Waals surface area (Å²) >= 11 is 0. The maximum absolute atomic E-state index is 12.9. The Kier molecular flexibility index (Phi) is 4.23. The highest BCUT2D eigenvalue weighted by Gasteiger charge is 2.24.